The van der Waals surface area contributed by atoms with Crippen LogP contribution in [0.4, 0.5) is 0 Å². The fraction of sp³-hybridized carbons (Fsp3) is 0.0750. The van der Waals surface area contributed by atoms with E-state index in [0.29, 0.717) is 6.54 Å². The van der Waals surface area contributed by atoms with Crippen LogP contribution in [0, 0.1) is 0 Å². The zero-order chi connectivity index (χ0) is 28.6. The van der Waals surface area contributed by atoms with Gasteiger partial charge in [-0.2, -0.15) is 0 Å². The number of carbonyl (C=O) groups is 1. The van der Waals surface area contributed by atoms with E-state index in [2.05, 4.69) is 84.2 Å². The fourth-order valence-corrected chi connectivity index (χ4v) is 5.77. The third-order valence-corrected chi connectivity index (χ3v) is 7.78. The Morgan fingerprint density at radius 2 is 0.929 bits per heavy atom. The maximum Gasteiger partial charge on any atom is 0.175 e. The maximum absolute atomic E-state index is 14.7. The minimum absolute atomic E-state index is 0.0861. The molecule has 0 spiro atoms. The van der Waals surface area contributed by atoms with Gasteiger partial charge in [0.15, 0.2) is 5.78 Å². The highest BCUT2D eigenvalue weighted by Crippen LogP contribution is 2.39. The minimum Gasteiger partial charge on any atom is -0.383 e. The smallest absolute Gasteiger partial charge is 0.175 e. The molecule has 0 heterocycles. The van der Waals surface area contributed by atoms with Crippen LogP contribution >= 0.6 is 0 Å². The summed E-state index contributed by atoms with van der Waals surface area (Å²) in [5.74, 6) is -0.404. The molecule has 1 aliphatic carbocycles. The van der Waals surface area contributed by atoms with E-state index in [1.54, 1.807) is 0 Å². The molecule has 2 nitrogen and oxygen atoms in total. The summed E-state index contributed by atoms with van der Waals surface area (Å²) in [6.07, 6.45) is 6.08. The van der Waals surface area contributed by atoms with E-state index in [9.17, 15) is 4.79 Å². The van der Waals surface area contributed by atoms with Crippen molar-refractivity contribution in [2.75, 3.05) is 0 Å². The summed E-state index contributed by atoms with van der Waals surface area (Å²) in [4.78, 5) is 14.7. The Balaban J connectivity index is 1.50. The van der Waals surface area contributed by atoms with E-state index in [-0.39, 0.29) is 11.7 Å². The lowest BCUT2D eigenvalue weighted by Gasteiger charge is -2.27. The predicted octanol–water partition coefficient (Wildman–Crippen LogP) is 8.76. The van der Waals surface area contributed by atoms with Gasteiger partial charge in [-0.15, -0.1) is 0 Å². The first-order chi connectivity index (χ1) is 20.8. The number of allylic oxidation sites excluding steroid dienone is 6. The van der Waals surface area contributed by atoms with Gasteiger partial charge in [-0.1, -0.05) is 170 Å². The van der Waals surface area contributed by atoms with Gasteiger partial charge in [0.25, 0.3) is 0 Å². The molecule has 0 saturated heterocycles. The molecule has 204 valence electrons. The van der Waals surface area contributed by atoms with Gasteiger partial charge < -0.3 is 5.32 Å². The predicted molar refractivity (Wildman–Crippen MR) is 172 cm³/mol. The summed E-state index contributed by atoms with van der Waals surface area (Å²) in [5.41, 5.74) is 8.17. The average molecular weight is 544 g/mol. The van der Waals surface area contributed by atoms with Crippen LogP contribution in [0.1, 0.15) is 39.7 Å². The van der Waals surface area contributed by atoms with Gasteiger partial charge in [-0.05, 0) is 27.8 Å². The standard InChI is InChI=1S/C40H33NO/c42-40(38(33-23-12-4-13-24-33)34-25-14-5-15-26-34)36-28-16-27-35(36)39(41-29-30-17-6-1-7-18-30)37(31-19-8-2-9-20-31)32-21-10-3-11-22-32/h1-28,37-38,41H,29H2. The third-order valence-electron chi connectivity index (χ3n) is 7.78. The lowest BCUT2D eigenvalue weighted by atomic mass is 9.80. The number of ketones is 1. The summed E-state index contributed by atoms with van der Waals surface area (Å²) in [5, 5.41) is 3.81. The molecule has 0 atom stereocenters. The molecule has 5 aromatic rings. The van der Waals surface area contributed by atoms with Crippen LogP contribution < -0.4 is 5.32 Å². The van der Waals surface area contributed by atoms with Crippen molar-refractivity contribution in [3.8, 4) is 0 Å². The van der Waals surface area contributed by atoms with Crippen LogP contribution in [0.3, 0.4) is 0 Å². The SMILES string of the molecule is O=C(C1=CC=CC1=C(NCc1ccccc1)C(c1ccccc1)c1ccccc1)C(c1ccccc1)c1ccccc1. The molecule has 1 aliphatic rings. The van der Waals surface area contributed by atoms with Crippen molar-refractivity contribution >= 4 is 5.78 Å². The van der Waals surface area contributed by atoms with E-state index < -0.39 is 5.92 Å². The summed E-state index contributed by atoms with van der Waals surface area (Å²) in [6, 6.07) is 51.7. The minimum atomic E-state index is -0.407. The second-order valence-electron chi connectivity index (χ2n) is 10.5. The van der Waals surface area contributed by atoms with Gasteiger partial charge in [-0.3, -0.25) is 4.79 Å². The van der Waals surface area contributed by atoms with Crippen molar-refractivity contribution in [1.29, 1.82) is 0 Å². The van der Waals surface area contributed by atoms with Crippen LogP contribution in [0.25, 0.3) is 0 Å². The highest BCUT2D eigenvalue weighted by molar-refractivity contribution is 6.07. The molecule has 6 rings (SSSR count). The number of nitrogens with one attached hydrogen (secondary N) is 1. The van der Waals surface area contributed by atoms with Crippen LogP contribution in [-0.4, -0.2) is 5.78 Å². The van der Waals surface area contributed by atoms with Gasteiger partial charge in [0.2, 0.25) is 0 Å². The van der Waals surface area contributed by atoms with E-state index in [1.165, 1.54) is 16.7 Å². The Labute approximate surface area is 248 Å². The second kappa shape index (κ2) is 13.0. The van der Waals surface area contributed by atoms with Gasteiger partial charge in [-0.25, -0.2) is 0 Å². The lowest BCUT2D eigenvalue weighted by Crippen LogP contribution is -2.24. The van der Waals surface area contributed by atoms with Crippen molar-refractivity contribution in [3.05, 3.63) is 215 Å². The van der Waals surface area contributed by atoms with Crippen LogP contribution in [0.15, 0.2) is 187 Å². The van der Waals surface area contributed by atoms with Crippen molar-refractivity contribution < 1.29 is 4.79 Å². The van der Waals surface area contributed by atoms with Crippen LogP contribution in [0.2, 0.25) is 0 Å². The summed E-state index contributed by atoms with van der Waals surface area (Å²) < 4.78 is 0. The molecule has 0 aliphatic heterocycles. The number of hydrogen-bond acceptors (Lipinski definition) is 2. The monoisotopic (exact) mass is 543 g/mol. The van der Waals surface area contributed by atoms with E-state index in [4.69, 9.17) is 0 Å². The molecule has 0 unspecified atom stereocenters. The van der Waals surface area contributed by atoms with Crippen LogP contribution in [0.5, 0.6) is 0 Å². The molecule has 0 amide bonds. The molecule has 0 bridgehead atoms. The zero-order valence-electron chi connectivity index (χ0n) is 23.4. The Bertz CT molecular complexity index is 1630. The Hall–Kier alpha value is -5.21. The van der Waals surface area contributed by atoms with Gasteiger partial charge >= 0.3 is 0 Å². The zero-order valence-corrected chi connectivity index (χ0v) is 23.4. The molecule has 0 aromatic heterocycles. The van der Waals surface area contributed by atoms with Crippen molar-refractivity contribution in [2.24, 2.45) is 0 Å². The molecular formula is C40H33NO. The van der Waals surface area contributed by atoms with Gasteiger partial charge in [0, 0.05) is 29.3 Å². The van der Waals surface area contributed by atoms with Crippen molar-refractivity contribution in [3.63, 3.8) is 0 Å². The largest absolute Gasteiger partial charge is 0.383 e. The molecular weight excluding hydrogens is 510 g/mol. The third kappa shape index (κ3) is 5.94. The molecule has 42 heavy (non-hydrogen) atoms. The van der Waals surface area contributed by atoms with Crippen molar-refractivity contribution in [2.45, 2.75) is 18.4 Å². The van der Waals surface area contributed by atoms with Crippen LogP contribution in [-0.2, 0) is 11.3 Å². The van der Waals surface area contributed by atoms with Gasteiger partial charge in [0.1, 0.15) is 0 Å². The summed E-state index contributed by atoms with van der Waals surface area (Å²) in [6.45, 7) is 0.645. The quantitative estimate of drug-likeness (QED) is 0.191. The molecule has 0 fully saturated rings. The Morgan fingerprint density at radius 3 is 1.38 bits per heavy atom. The van der Waals surface area contributed by atoms with Gasteiger partial charge in [0.05, 0.1) is 5.92 Å². The van der Waals surface area contributed by atoms with E-state index in [0.717, 1.165) is 28.0 Å². The summed E-state index contributed by atoms with van der Waals surface area (Å²) in [7, 11) is 0. The number of Topliss-reactive ketones (excluding diaryl/α,β-unsaturated/α-hetero) is 1. The molecule has 2 heteroatoms. The number of carbonyl (C=O) groups excluding carboxylic acids is 1. The van der Waals surface area contributed by atoms with E-state index in [1.807, 2.05) is 91.0 Å². The first-order valence-corrected chi connectivity index (χ1v) is 14.4. The highest BCUT2D eigenvalue weighted by atomic mass is 16.1. The first-order valence-electron chi connectivity index (χ1n) is 14.4. The average Bonchev–Trinajstić information content (AvgIpc) is 3.55. The topological polar surface area (TPSA) is 29.1 Å². The summed E-state index contributed by atoms with van der Waals surface area (Å²) >= 11 is 0. The second-order valence-corrected chi connectivity index (χ2v) is 10.5. The molecule has 5 aromatic carbocycles. The Morgan fingerprint density at radius 1 is 0.524 bits per heavy atom. The highest BCUT2D eigenvalue weighted by Gasteiger charge is 2.31. The van der Waals surface area contributed by atoms with Crippen molar-refractivity contribution in [1.82, 2.24) is 5.32 Å². The molecule has 1 N–H and O–H groups in total. The number of rotatable bonds is 10. The van der Waals surface area contributed by atoms with E-state index >= 15 is 0 Å². The fourth-order valence-electron chi connectivity index (χ4n) is 5.77. The normalized spacial score (nSPS) is 13.7. The lowest BCUT2D eigenvalue weighted by molar-refractivity contribution is -0.115. The number of benzene rings is 5. The number of hydrogen-bond donors (Lipinski definition) is 1. The molecule has 0 radical (unpaired) electrons. The molecule has 0 saturated carbocycles. The Kier molecular flexibility index (Phi) is 8.33. The maximum atomic E-state index is 14.7. The first kappa shape index (κ1) is 27.0.